The van der Waals surface area contributed by atoms with E-state index in [1.165, 1.54) is 50.4 Å². The van der Waals surface area contributed by atoms with Crippen LogP contribution in [0.4, 0.5) is 5.69 Å². The number of sulfonamides is 1. The number of nitrogens with zero attached hydrogens (tertiary/aromatic N) is 1. The fourth-order valence-electron chi connectivity index (χ4n) is 2.00. The van der Waals surface area contributed by atoms with Crippen LogP contribution in [0.25, 0.3) is 0 Å². The van der Waals surface area contributed by atoms with Crippen molar-refractivity contribution in [3.8, 4) is 5.75 Å². The summed E-state index contributed by atoms with van der Waals surface area (Å²) in [6, 6.07) is 11.7. The van der Waals surface area contributed by atoms with E-state index in [1.807, 2.05) is 0 Å². The third-order valence-electron chi connectivity index (χ3n) is 3.55. The first-order valence-electron chi connectivity index (χ1n) is 7.87. The highest BCUT2D eigenvalue weighted by Crippen LogP contribution is 2.20. The quantitative estimate of drug-likeness (QED) is 0.720. The van der Waals surface area contributed by atoms with Crippen LogP contribution in [-0.4, -0.2) is 53.0 Å². The number of carbonyl (C=O) groups excluding carboxylic acids is 2. The number of amides is 1. The average molecular weight is 392 g/mol. The van der Waals surface area contributed by atoms with Gasteiger partial charge in [0, 0.05) is 19.8 Å². The summed E-state index contributed by atoms with van der Waals surface area (Å²) in [5, 5.41) is 0. The lowest BCUT2D eigenvalue weighted by Crippen LogP contribution is -2.27. The molecular formula is C18H20N2O6S. The lowest BCUT2D eigenvalue weighted by molar-refractivity contribution is -0.131. The summed E-state index contributed by atoms with van der Waals surface area (Å²) in [5.41, 5.74) is 0.375. The van der Waals surface area contributed by atoms with Gasteiger partial charge in [-0.25, -0.2) is 13.2 Å². The third kappa shape index (κ3) is 5.45. The lowest BCUT2D eigenvalue weighted by Gasteiger charge is -2.11. The number of hydrogen-bond acceptors (Lipinski definition) is 6. The van der Waals surface area contributed by atoms with Crippen LogP contribution in [0.3, 0.4) is 0 Å². The molecule has 0 saturated carbocycles. The maximum absolute atomic E-state index is 12.5. The maximum atomic E-state index is 12.5. The molecule has 0 atom stereocenters. The van der Waals surface area contributed by atoms with Crippen molar-refractivity contribution in [2.45, 2.75) is 4.90 Å². The Balaban J connectivity index is 2.14. The van der Waals surface area contributed by atoms with Gasteiger partial charge in [0.1, 0.15) is 5.75 Å². The number of methoxy groups -OCH3 is 1. The molecule has 0 aliphatic carbocycles. The zero-order chi connectivity index (χ0) is 20.0. The number of esters is 1. The predicted octanol–water partition coefficient (Wildman–Crippen LogP) is 1.74. The first-order valence-corrected chi connectivity index (χ1v) is 9.35. The zero-order valence-corrected chi connectivity index (χ0v) is 15.9. The van der Waals surface area contributed by atoms with Crippen LogP contribution in [0.2, 0.25) is 0 Å². The topological polar surface area (TPSA) is 102 Å². The molecule has 0 spiro atoms. The number of hydrogen-bond donors (Lipinski definition) is 1. The Bertz CT molecular complexity index is 923. The van der Waals surface area contributed by atoms with Crippen molar-refractivity contribution in [1.82, 2.24) is 4.90 Å². The van der Waals surface area contributed by atoms with E-state index in [0.717, 1.165) is 0 Å². The van der Waals surface area contributed by atoms with Crippen molar-refractivity contribution in [2.24, 2.45) is 0 Å². The van der Waals surface area contributed by atoms with Crippen LogP contribution in [0.5, 0.6) is 5.75 Å². The van der Waals surface area contributed by atoms with E-state index in [0.29, 0.717) is 11.4 Å². The van der Waals surface area contributed by atoms with Gasteiger partial charge in [0.05, 0.1) is 17.6 Å². The van der Waals surface area contributed by atoms with Gasteiger partial charge in [-0.05, 0) is 42.5 Å². The monoisotopic (exact) mass is 392 g/mol. The normalized spacial score (nSPS) is 10.8. The molecule has 0 aromatic heterocycles. The zero-order valence-electron chi connectivity index (χ0n) is 15.1. The van der Waals surface area contributed by atoms with Gasteiger partial charge >= 0.3 is 5.97 Å². The molecule has 1 N–H and O–H groups in total. The van der Waals surface area contributed by atoms with E-state index < -0.39 is 22.6 Å². The number of ether oxygens (including phenoxy) is 2. The number of nitrogens with one attached hydrogen (secondary N) is 1. The number of benzene rings is 2. The average Bonchev–Trinajstić information content (AvgIpc) is 2.66. The van der Waals surface area contributed by atoms with Gasteiger partial charge in [-0.15, -0.1) is 0 Å². The summed E-state index contributed by atoms with van der Waals surface area (Å²) < 4.78 is 37.4. The summed E-state index contributed by atoms with van der Waals surface area (Å²) in [6.07, 6.45) is 0. The summed E-state index contributed by atoms with van der Waals surface area (Å²) in [6.45, 7) is -0.424. The van der Waals surface area contributed by atoms with Crippen molar-refractivity contribution in [2.75, 3.05) is 32.5 Å². The highest BCUT2D eigenvalue weighted by atomic mass is 32.2. The van der Waals surface area contributed by atoms with E-state index in [9.17, 15) is 18.0 Å². The second-order valence-electron chi connectivity index (χ2n) is 5.73. The van der Waals surface area contributed by atoms with Crippen molar-refractivity contribution >= 4 is 27.6 Å². The first kappa shape index (κ1) is 20.2. The Morgan fingerprint density at radius 2 is 1.74 bits per heavy atom. The van der Waals surface area contributed by atoms with Gasteiger partial charge in [-0.2, -0.15) is 0 Å². The van der Waals surface area contributed by atoms with E-state index >= 15 is 0 Å². The number of anilines is 1. The smallest absolute Gasteiger partial charge is 0.338 e. The standard InChI is InChI=1S/C18H20N2O6S/c1-20(2)17(21)12-26-18(22)13-5-4-6-16(11-13)27(23,24)19-14-7-9-15(25-3)10-8-14/h4-11,19H,12H2,1-3H3. The molecule has 0 bridgehead atoms. The summed E-state index contributed by atoms with van der Waals surface area (Å²) >= 11 is 0. The molecule has 0 heterocycles. The molecule has 8 nitrogen and oxygen atoms in total. The fraction of sp³-hybridized carbons (Fsp3) is 0.222. The van der Waals surface area contributed by atoms with Crippen LogP contribution in [0.1, 0.15) is 10.4 Å². The molecule has 0 aliphatic rings. The molecule has 0 saturated heterocycles. The Hall–Kier alpha value is -3.07. The second kappa shape index (κ2) is 8.54. The molecule has 144 valence electrons. The molecule has 0 radical (unpaired) electrons. The van der Waals surface area contributed by atoms with Crippen LogP contribution in [0.15, 0.2) is 53.4 Å². The fourth-order valence-corrected chi connectivity index (χ4v) is 3.11. The van der Waals surface area contributed by atoms with Gasteiger partial charge in [-0.1, -0.05) is 6.07 Å². The lowest BCUT2D eigenvalue weighted by atomic mass is 10.2. The van der Waals surface area contributed by atoms with Crippen LogP contribution in [-0.2, 0) is 19.6 Å². The van der Waals surface area contributed by atoms with E-state index in [1.54, 1.807) is 24.3 Å². The summed E-state index contributed by atoms with van der Waals surface area (Å²) in [7, 11) is 0.674. The minimum absolute atomic E-state index is 0.0270. The van der Waals surface area contributed by atoms with Gasteiger partial charge < -0.3 is 14.4 Å². The first-order chi connectivity index (χ1) is 12.7. The summed E-state index contributed by atoms with van der Waals surface area (Å²) in [5.74, 6) is -0.574. The largest absolute Gasteiger partial charge is 0.497 e. The molecule has 2 aromatic carbocycles. The Kier molecular flexibility index (Phi) is 6.40. The minimum atomic E-state index is -3.91. The van der Waals surface area contributed by atoms with Gasteiger partial charge in [0.2, 0.25) is 0 Å². The number of rotatable bonds is 7. The van der Waals surface area contributed by atoms with Crippen molar-refractivity contribution in [3.63, 3.8) is 0 Å². The van der Waals surface area contributed by atoms with Crippen LogP contribution >= 0.6 is 0 Å². The van der Waals surface area contributed by atoms with Gasteiger partial charge in [-0.3, -0.25) is 9.52 Å². The van der Waals surface area contributed by atoms with Gasteiger partial charge in [0.15, 0.2) is 6.61 Å². The number of likely N-dealkylation sites (N-methyl/N-ethyl adjacent to an activating group) is 1. The molecular weight excluding hydrogens is 372 g/mol. The second-order valence-corrected chi connectivity index (χ2v) is 7.41. The predicted molar refractivity (Wildman–Crippen MR) is 99.2 cm³/mol. The molecule has 0 unspecified atom stereocenters. The molecule has 2 rings (SSSR count). The van der Waals surface area contributed by atoms with E-state index in [-0.39, 0.29) is 16.4 Å². The van der Waals surface area contributed by atoms with Crippen LogP contribution < -0.4 is 9.46 Å². The summed E-state index contributed by atoms with van der Waals surface area (Å²) in [4.78, 5) is 24.7. The Morgan fingerprint density at radius 3 is 2.33 bits per heavy atom. The highest BCUT2D eigenvalue weighted by Gasteiger charge is 2.18. The van der Waals surface area contributed by atoms with Crippen LogP contribution in [0, 0.1) is 0 Å². The Labute approximate surface area is 157 Å². The van der Waals surface area contributed by atoms with Crippen molar-refractivity contribution < 1.29 is 27.5 Å². The number of carbonyl (C=O) groups is 2. The van der Waals surface area contributed by atoms with Gasteiger partial charge in [0.25, 0.3) is 15.9 Å². The van der Waals surface area contributed by atoms with E-state index in [4.69, 9.17) is 9.47 Å². The minimum Gasteiger partial charge on any atom is -0.497 e. The molecule has 0 aliphatic heterocycles. The van der Waals surface area contributed by atoms with E-state index in [2.05, 4.69) is 4.72 Å². The molecule has 2 aromatic rings. The van der Waals surface area contributed by atoms with Crippen molar-refractivity contribution in [1.29, 1.82) is 0 Å². The highest BCUT2D eigenvalue weighted by molar-refractivity contribution is 7.92. The molecule has 1 amide bonds. The SMILES string of the molecule is COc1ccc(NS(=O)(=O)c2cccc(C(=O)OCC(=O)N(C)C)c2)cc1. The van der Waals surface area contributed by atoms with Crippen molar-refractivity contribution in [3.05, 3.63) is 54.1 Å². The molecule has 0 fully saturated rings. The third-order valence-corrected chi connectivity index (χ3v) is 4.93. The molecule has 9 heteroatoms. The maximum Gasteiger partial charge on any atom is 0.338 e. The molecule has 27 heavy (non-hydrogen) atoms. The Morgan fingerprint density at radius 1 is 1.07 bits per heavy atom.